The molecule has 4 unspecified atom stereocenters. The molecule has 0 spiro atoms. The van der Waals surface area contributed by atoms with Crippen molar-refractivity contribution in [1.29, 1.82) is 0 Å². The van der Waals surface area contributed by atoms with Crippen LogP contribution in [-0.2, 0) is 28.6 Å². The molecular weight excluding hydrogens is 879 g/mol. The van der Waals surface area contributed by atoms with Gasteiger partial charge in [0.05, 0.1) is 19.8 Å². The van der Waals surface area contributed by atoms with Gasteiger partial charge in [-0.25, -0.2) is 0 Å². The molecule has 0 radical (unpaired) electrons. The average molecular weight is 1010 g/mol. The van der Waals surface area contributed by atoms with Crippen LogP contribution in [0.15, 0.2) is 0 Å². The first-order valence-electron chi connectivity index (χ1n) is 31.9. The van der Waals surface area contributed by atoms with Crippen LogP contribution in [0, 0.1) is 17.8 Å². The van der Waals surface area contributed by atoms with E-state index in [1.165, 1.54) is 250 Å². The summed E-state index contributed by atoms with van der Waals surface area (Å²) < 4.78 is 16.5. The second kappa shape index (κ2) is 60.9. The number of rotatable bonds is 57. The summed E-state index contributed by atoms with van der Waals surface area (Å²) in [5, 5.41) is 3.85. The van der Waals surface area contributed by atoms with Crippen LogP contribution in [0.1, 0.15) is 344 Å². The van der Waals surface area contributed by atoms with E-state index < -0.39 is 0 Å². The van der Waals surface area contributed by atoms with Gasteiger partial charge in [-0.3, -0.25) is 14.4 Å². The number of esters is 2. The molecule has 424 valence electrons. The molecule has 7 heteroatoms. The minimum absolute atomic E-state index is 0.00362. The molecule has 0 rings (SSSR count). The molecule has 7 nitrogen and oxygen atoms in total. The first kappa shape index (κ1) is 71.4. The number of carbonyl (C=O) groups is 3. The van der Waals surface area contributed by atoms with Crippen LogP contribution in [0.4, 0.5) is 0 Å². The third kappa shape index (κ3) is 55.9. The molecule has 0 aromatic rings. The number of hydrogen-bond donors (Lipinski definition) is 1. The van der Waals surface area contributed by atoms with E-state index in [2.05, 4.69) is 53.8 Å². The van der Waals surface area contributed by atoms with Crippen molar-refractivity contribution >= 4 is 18.4 Å². The highest BCUT2D eigenvalue weighted by atomic mass is 16.5. The van der Waals surface area contributed by atoms with Gasteiger partial charge in [-0.05, 0) is 94.9 Å². The van der Waals surface area contributed by atoms with Crippen LogP contribution in [0.5, 0.6) is 0 Å². The second-order valence-corrected chi connectivity index (χ2v) is 22.1. The fourth-order valence-electron chi connectivity index (χ4n) is 10.1. The lowest BCUT2D eigenvalue weighted by molar-refractivity contribution is -0.146. The zero-order valence-electron chi connectivity index (χ0n) is 49.2. The molecule has 0 aliphatic carbocycles. The first-order valence-corrected chi connectivity index (χ1v) is 31.9. The maximum absolute atomic E-state index is 12.6. The second-order valence-electron chi connectivity index (χ2n) is 22.1. The molecule has 0 aromatic heterocycles. The Labute approximate surface area is 444 Å². The van der Waals surface area contributed by atoms with Crippen LogP contribution in [-0.4, -0.2) is 50.8 Å². The summed E-state index contributed by atoms with van der Waals surface area (Å²) in [5.74, 6) is 1.68. The van der Waals surface area contributed by atoms with E-state index in [0.717, 1.165) is 38.6 Å². The highest BCUT2D eigenvalue weighted by molar-refractivity contribution is 5.69. The van der Waals surface area contributed by atoms with E-state index in [0.29, 0.717) is 62.9 Å². The van der Waals surface area contributed by atoms with E-state index >= 15 is 0 Å². The predicted molar refractivity (Wildman–Crippen MR) is 308 cm³/mol. The number of unbranched alkanes of at least 4 members (excludes halogenated alkanes) is 27. The number of carbonyl (C=O) groups excluding carboxylic acids is 3. The molecule has 0 heterocycles. The minimum Gasteiger partial charge on any atom is -0.468 e. The highest BCUT2D eigenvalue weighted by Gasteiger charge is 2.15. The summed E-state index contributed by atoms with van der Waals surface area (Å²) in [5.41, 5.74) is 0. The van der Waals surface area contributed by atoms with Gasteiger partial charge in [0, 0.05) is 18.9 Å². The lowest BCUT2D eigenvalue weighted by atomic mass is 9.95. The number of hydrogen-bond acceptors (Lipinski definition) is 7. The summed E-state index contributed by atoms with van der Waals surface area (Å²) in [6, 6.07) is 0.557. The summed E-state index contributed by atoms with van der Waals surface area (Å²) in [6.07, 6.45) is 56.3. The average Bonchev–Trinajstić information content (AvgIpc) is 3.38. The molecular formula is C64H127NO6. The maximum Gasteiger partial charge on any atom is 0.305 e. The maximum atomic E-state index is 12.6. The van der Waals surface area contributed by atoms with Crippen molar-refractivity contribution in [2.75, 3.05) is 26.4 Å². The van der Waals surface area contributed by atoms with E-state index in [1.54, 1.807) is 0 Å². The Bertz CT molecular complexity index is 1050. The van der Waals surface area contributed by atoms with Crippen molar-refractivity contribution in [1.82, 2.24) is 5.32 Å². The molecule has 0 aromatic carbocycles. The Balaban J connectivity index is 0. The van der Waals surface area contributed by atoms with Crippen molar-refractivity contribution < 1.29 is 28.6 Å². The monoisotopic (exact) mass is 1010 g/mol. The molecule has 0 bridgehead atoms. The van der Waals surface area contributed by atoms with Crippen molar-refractivity contribution in [2.45, 2.75) is 350 Å². The van der Waals surface area contributed by atoms with Gasteiger partial charge in [-0.1, -0.05) is 260 Å². The standard InChI is InChI=1S/C47H93NO4.C17H34O2/c1-6-11-16-20-21-26-35-44(34-25-18-13-8-3)42-52-46(49)38-29-22-28-37-45(36-27-19-14-9-4)48-40-31-23-30-39-47(50)51-41-43(32-15-10-5)33-24-17-12-7-2;1-3-5-7-9-10-12-14-17(15-19-16-18)13-11-8-6-4-2/h43-45,48H,6-42H2,1-5H3;16-17H,3-15H2,1-2H3. The largest absolute Gasteiger partial charge is 0.468 e. The van der Waals surface area contributed by atoms with Crippen molar-refractivity contribution in [3.63, 3.8) is 0 Å². The lowest BCUT2D eigenvalue weighted by Gasteiger charge is -2.19. The highest BCUT2D eigenvalue weighted by Crippen LogP contribution is 2.22. The third-order valence-corrected chi connectivity index (χ3v) is 15.0. The molecule has 0 saturated carbocycles. The minimum atomic E-state index is -0.00362. The fraction of sp³-hybridized carbons (Fsp3) is 0.953. The predicted octanol–water partition coefficient (Wildman–Crippen LogP) is 20.1. The molecule has 0 saturated heterocycles. The molecule has 0 amide bonds. The Morgan fingerprint density at radius 1 is 0.338 bits per heavy atom. The van der Waals surface area contributed by atoms with Gasteiger partial charge in [-0.15, -0.1) is 0 Å². The van der Waals surface area contributed by atoms with E-state index in [-0.39, 0.29) is 11.9 Å². The molecule has 0 aliphatic rings. The van der Waals surface area contributed by atoms with Crippen molar-refractivity contribution in [2.24, 2.45) is 17.8 Å². The first-order chi connectivity index (χ1) is 34.8. The summed E-state index contributed by atoms with van der Waals surface area (Å²) in [7, 11) is 0. The Morgan fingerprint density at radius 2 is 0.620 bits per heavy atom. The fourth-order valence-corrected chi connectivity index (χ4v) is 10.1. The van der Waals surface area contributed by atoms with Crippen LogP contribution >= 0.6 is 0 Å². The molecule has 0 fully saturated rings. The molecule has 1 N–H and O–H groups in total. The van der Waals surface area contributed by atoms with Crippen LogP contribution in [0.2, 0.25) is 0 Å². The zero-order chi connectivity index (χ0) is 52.4. The summed E-state index contributed by atoms with van der Waals surface area (Å²) in [4.78, 5) is 35.4. The summed E-state index contributed by atoms with van der Waals surface area (Å²) >= 11 is 0. The topological polar surface area (TPSA) is 90.9 Å². The lowest BCUT2D eigenvalue weighted by Crippen LogP contribution is -2.30. The van der Waals surface area contributed by atoms with Gasteiger partial charge in [0.15, 0.2) is 0 Å². The van der Waals surface area contributed by atoms with Gasteiger partial charge < -0.3 is 19.5 Å². The molecule has 71 heavy (non-hydrogen) atoms. The Morgan fingerprint density at radius 3 is 0.986 bits per heavy atom. The SMILES string of the molecule is CCCCCCCCC(CCCCCC)COC(=O)CCCCCC(CCCCCC)NCCCCCC(=O)OCC(CCCC)CCCCCC.CCCCCCCCC(CCCCCC)COC=O. The normalized spacial score (nSPS) is 13.0. The van der Waals surface area contributed by atoms with Gasteiger partial charge in [0.1, 0.15) is 0 Å². The van der Waals surface area contributed by atoms with Gasteiger partial charge in [0.25, 0.3) is 6.47 Å². The third-order valence-electron chi connectivity index (χ3n) is 15.0. The Hall–Kier alpha value is -1.63. The Kier molecular flexibility index (Phi) is 61.3. The number of ether oxygens (including phenoxy) is 3. The van der Waals surface area contributed by atoms with Gasteiger partial charge >= 0.3 is 11.9 Å². The smallest absolute Gasteiger partial charge is 0.305 e. The van der Waals surface area contributed by atoms with Crippen LogP contribution < -0.4 is 5.32 Å². The summed E-state index contributed by atoms with van der Waals surface area (Å²) in [6.45, 7) is 19.3. The van der Waals surface area contributed by atoms with E-state index in [9.17, 15) is 14.4 Å². The van der Waals surface area contributed by atoms with E-state index in [4.69, 9.17) is 14.2 Å². The molecule has 4 atom stereocenters. The van der Waals surface area contributed by atoms with Gasteiger partial charge in [-0.2, -0.15) is 0 Å². The number of nitrogens with one attached hydrogen (secondary N) is 1. The van der Waals surface area contributed by atoms with Crippen molar-refractivity contribution in [3.8, 4) is 0 Å². The van der Waals surface area contributed by atoms with Crippen LogP contribution in [0.3, 0.4) is 0 Å². The van der Waals surface area contributed by atoms with Crippen molar-refractivity contribution in [3.05, 3.63) is 0 Å². The molecule has 0 aliphatic heterocycles. The zero-order valence-corrected chi connectivity index (χ0v) is 49.2. The van der Waals surface area contributed by atoms with Gasteiger partial charge in [0.2, 0.25) is 0 Å². The quantitative estimate of drug-likeness (QED) is 0.0281. The van der Waals surface area contributed by atoms with E-state index in [1.807, 2.05) is 0 Å². The van der Waals surface area contributed by atoms with Crippen LogP contribution in [0.25, 0.3) is 0 Å².